The van der Waals surface area contributed by atoms with E-state index >= 15 is 0 Å². The molecule has 2 aliphatic rings. The van der Waals surface area contributed by atoms with Crippen molar-refractivity contribution in [1.29, 1.82) is 0 Å². The molecule has 2 aromatic rings. The number of piperidine rings is 1. The number of hydrogen-bond acceptors (Lipinski definition) is 6. The highest BCUT2D eigenvalue weighted by Gasteiger charge is 2.31. The number of ether oxygens (including phenoxy) is 1. The first-order chi connectivity index (χ1) is 18.8. The Hall–Kier alpha value is -2.91. The SMILES string of the molecule is CCOC(=O)[C@H]1CCCN(c2ccc(NC(=O)CCC3CCCC3)cc2S(=O)(=O)N[C@@H](C)c2ccccc2)C1. The molecule has 4 rings (SSSR count). The van der Waals surface area contributed by atoms with Crippen molar-refractivity contribution in [3.63, 3.8) is 0 Å². The van der Waals surface area contributed by atoms with Crippen LogP contribution in [-0.2, 0) is 24.3 Å². The van der Waals surface area contributed by atoms with Crippen LogP contribution in [0.2, 0.25) is 0 Å². The fourth-order valence-electron chi connectivity index (χ4n) is 5.68. The van der Waals surface area contributed by atoms with Crippen molar-refractivity contribution >= 4 is 33.3 Å². The zero-order chi connectivity index (χ0) is 27.8. The summed E-state index contributed by atoms with van der Waals surface area (Å²) in [7, 11) is -3.98. The van der Waals surface area contributed by atoms with Gasteiger partial charge in [0.25, 0.3) is 0 Å². The summed E-state index contributed by atoms with van der Waals surface area (Å²) in [5.74, 6) is -0.0813. The molecule has 1 saturated carbocycles. The Morgan fingerprint density at radius 2 is 1.79 bits per heavy atom. The molecule has 8 nitrogen and oxygen atoms in total. The lowest BCUT2D eigenvalue weighted by Crippen LogP contribution is -2.40. The van der Waals surface area contributed by atoms with Gasteiger partial charge in [-0.15, -0.1) is 0 Å². The third-order valence-electron chi connectivity index (χ3n) is 7.80. The molecule has 0 aromatic heterocycles. The summed E-state index contributed by atoms with van der Waals surface area (Å²) in [6, 6.07) is 14.0. The molecule has 2 fully saturated rings. The molecule has 1 aliphatic carbocycles. The van der Waals surface area contributed by atoms with Crippen LogP contribution in [0.3, 0.4) is 0 Å². The predicted molar refractivity (Wildman–Crippen MR) is 153 cm³/mol. The van der Waals surface area contributed by atoms with E-state index in [1.807, 2.05) is 35.2 Å². The van der Waals surface area contributed by atoms with E-state index in [1.165, 1.54) is 31.7 Å². The first-order valence-electron chi connectivity index (χ1n) is 14.2. The van der Waals surface area contributed by atoms with Crippen molar-refractivity contribution in [3.8, 4) is 0 Å². The van der Waals surface area contributed by atoms with Crippen molar-refractivity contribution < 1.29 is 22.7 Å². The number of anilines is 2. The number of benzene rings is 2. The largest absolute Gasteiger partial charge is 0.466 e. The van der Waals surface area contributed by atoms with Gasteiger partial charge in [0, 0.05) is 31.2 Å². The lowest BCUT2D eigenvalue weighted by Gasteiger charge is -2.34. The number of carbonyl (C=O) groups excluding carboxylic acids is 2. The minimum Gasteiger partial charge on any atom is -0.466 e. The van der Waals surface area contributed by atoms with E-state index in [1.54, 1.807) is 26.0 Å². The van der Waals surface area contributed by atoms with E-state index in [0.717, 1.165) is 18.4 Å². The van der Waals surface area contributed by atoms with Crippen LogP contribution < -0.4 is 14.9 Å². The lowest BCUT2D eigenvalue weighted by molar-refractivity contribution is -0.148. The topological polar surface area (TPSA) is 105 Å². The summed E-state index contributed by atoms with van der Waals surface area (Å²) in [6.07, 6.45) is 7.55. The zero-order valence-electron chi connectivity index (χ0n) is 23.0. The van der Waals surface area contributed by atoms with Crippen LogP contribution >= 0.6 is 0 Å². The first kappa shape index (κ1) is 29.1. The number of esters is 1. The molecule has 1 aliphatic heterocycles. The molecule has 2 N–H and O–H groups in total. The molecule has 1 heterocycles. The average molecular weight is 556 g/mol. The van der Waals surface area contributed by atoms with Crippen LogP contribution in [0.25, 0.3) is 0 Å². The summed E-state index contributed by atoms with van der Waals surface area (Å²) in [5, 5.41) is 2.91. The van der Waals surface area contributed by atoms with E-state index in [2.05, 4.69) is 10.0 Å². The van der Waals surface area contributed by atoms with Gasteiger partial charge in [0.2, 0.25) is 15.9 Å². The highest BCUT2D eigenvalue weighted by Crippen LogP contribution is 2.33. The van der Waals surface area contributed by atoms with Crippen LogP contribution in [0.1, 0.15) is 76.8 Å². The Balaban J connectivity index is 1.58. The number of amides is 1. The fourth-order valence-corrected chi connectivity index (χ4v) is 7.16. The van der Waals surface area contributed by atoms with Crippen LogP contribution in [0.15, 0.2) is 53.4 Å². The number of sulfonamides is 1. The Morgan fingerprint density at radius 1 is 1.05 bits per heavy atom. The Morgan fingerprint density at radius 3 is 2.51 bits per heavy atom. The minimum absolute atomic E-state index is 0.0865. The lowest BCUT2D eigenvalue weighted by atomic mass is 9.97. The first-order valence-corrected chi connectivity index (χ1v) is 15.7. The molecule has 2 aromatic carbocycles. The number of carbonyl (C=O) groups is 2. The van der Waals surface area contributed by atoms with Gasteiger partial charge in [-0.3, -0.25) is 9.59 Å². The Kier molecular flexibility index (Phi) is 10.0. The van der Waals surface area contributed by atoms with Crippen LogP contribution in [0.5, 0.6) is 0 Å². The van der Waals surface area contributed by atoms with Gasteiger partial charge >= 0.3 is 5.97 Å². The fraction of sp³-hybridized carbons (Fsp3) is 0.533. The Bertz CT molecular complexity index is 1230. The van der Waals surface area contributed by atoms with Gasteiger partial charge in [-0.1, -0.05) is 56.0 Å². The highest BCUT2D eigenvalue weighted by atomic mass is 32.2. The van der Waals surface area contributed by atoms with Crippen LogP contribution in [-0.4, -0.2) is 40.0 Å². The molecule has 212 valence electrons. The molecule has 39 heavy (non-hydrogen) atoms. The van der Waals surface area contributed by atoms with Crippen molar-refractivity contribution in [2.24, 2.45) is 11.8 Å². The molecule has 2 atom stereocenters. The molecular weight excluding hydrogens is 514 g/mol. The normalized spacial score (nSPS) is 19.0. The van der Waals surface area contributed by atoms with Gasteiger partial charge in [-0.2, -0.15) is 0 Å². The minimum atomic E-state index is -3.98. The van der Waals surface area contributed by atoms with Crippen molar-refractivity contribution in [2.75, 3.05) is 29.9 Å². The molecular formula is C30H41N3O5S. The molecule has 0 bridgehead atoms. The van der Waals surface area contributed by atoms with E-state index in [-0.39, 0.29) is 22.7 Å². The number of hydrogen-bond donors (Lipinski definition) is 2. The standard InChI is InChI=1S/C30H41N3O5S/c1-3-38-30(35)25-14-9-19-33(21-25)27-17-16-26(31-29(34)18-15-23-10-7-8-11-23)20-28(27)39(36,37)32-22(2)24-12-5-4-6-13-24/h4-6,12-13,16-17,20,22-23,25,32H,3,7-11,14-15,18-19,21H2,1-2H3,(H,31,34)/t22-,25-/m0/s1. The second-order valence-electron chi connectivity index (χ2n) is 10.7. The quantitative estimate of drug-likeness (QED) is 0.359. The predicted octanol–water partition coefficient (Wildman–Crippen LogP) is 5.41. The monoisotopic (exact) mass is 555 g/mol. The highest BCUT2D eigenvalue weighted by molar-refractivity contribution is 7.89. The summed E-state index contributed by atoms with van der Waals surface area (Å²) < 4.78 is 35.6. The summed E-state index contributed by atoms with van der Waals surface area (Å²) in [4.78, 5) is 27.2. The number of nitrogens with zero attached hydrogens (tertiary/aromatic N) is 1. The van der Waals surface area contributed by atoms with E-state index < -0.39 is 16.1 Å². The summed E-state index contributed by atoms with van der Waals surface area (Å²) in [6.45, 7) is 4.90. The maximum atomic E-state index is 13.8. The Labute approximate surface area is 232 Å². The molecule has 0 spiro atoms. The second kappa shape index (κ2) is 13.4. The summed E-state index contributed by atoms with van der Waals surface area (Å²) in [5.41, 5.74) is 1.81. The smallest absolute Gasteiger partial charge is 0.310 e. The van der Waals surface area contributed by atoms with Gasteiger partial charge in [0.15, 0.2) is 0 Å². The van der Waals surface area contributed by atoms with Gasteiger partial charge in [-0.05, 0) is 62.8 Å². The van der Waals surface area contributed by atoms with E-state index in [4.69, 9.17) is 4.74 Å². The third-order valence-corrected chi connectivity index (χ3v) is 9.37. The second-order valence-corrected chi connectivity index (χ2v) is 12.4. The van der Waals surface area contributed by atoms with Crippen LogP contribution in [0.4, 0.5) is 11.4 Å². The molecule has 1 amide bonds. The van der Waals surface area contributed by atoms with E-state index in [9.17, 15) is 18.0 Å². The molecule has 0 unspecified atom stereocenters. The molecule has 0 radical (unpaired) electrons. The van der Waals surface area contributed by atoms with Crippen molar-refractivity contribution in [2.45, 2.75) is 76.2 Å². The molecule has 9 heteroatoms. The number of rotatable bonds is 11. The average Bonchev–Trinajstić information content (AvgIpc) is 3.46. The van der Waals surface area contributed by atoms with Gasteiger partial charge in [0.05, 0.1) is 18.2 Å². The van der Waals surface area contributed by atoms with Gasteiger partial charge < -0.3 is 15.0 Å². The molecule has 1 saturated heterocycles. The maximum Gasteiger partial charge on any atom is 0.310 e. The number of nitrogens with one attached hydrogen (secondary N) is 2. The summed E-state index contributed by atoms with van der Waals surface area (Å²) >= 11 is 0. The van der Waals surface area contributed by atoms with E-state index in [0.29, 0.717) is 49.8 Å². The zero-order valence-corrected chi connectivity index (χ0v) is 23.8. The van der Waals surface area contributed by atoms with Crippen LogP contribution in [0, 0.1) is 11.8 Å². The third kappa shape index (κ3) is 7.82. The van der Waals surface area contributed by atoms with Gasteiger partial charge in [0.1, 0.15) is 4.90 Å². The van der Waals surface area contributed by atoms with Crippen molar-refractivity contribution in [3.05, 3.63) is 54.1 Å². The van der Waals surface area contributed by atoms with Crippen molar-refractivity contribution in [1.82, 2.24) is 4.72 Å². The van der Waals surface area contributed by atoms with Gasteiger partial charge in [-0.25, -0.2) is 13.1 Å². The maximum absolute atomic E-state index is 13.8.